The normalized spacial score (nSPS) is 8.00. The molecule has 1 aromatic heterocycles. The summed E-state index contributed by atoms with van der Waals surface area (Å²) in [5.74, 6) is 0. The number of aromatic nitrogens is 1. The van der Waals surface area contributed by atoms with E-state index in [-0.39, 0.29) is 21.1 Å². The molecule has 0 aliphatic heterocycles. The Morgan fingerprint density at radius 1 is 1.60 bits per heavy atom. The van der Waals surface area contributed by atoms with Crippen LogP contribution in [-0.4, -0.2) is 11.3 Å². The van der Waals surface area contributed by atoms with Gasteiger partial charge in [-0.15, -0.1) is 6.42 Å². The van der Waals surface area contributed by atoms with Crippen molar-refractivity contribution in [3.63, 3.8) is 0 Å². The van der Waals surface area contributed by atoms with E-state index in [1.165, 1.54) is 0 Å². The molecule has 0 unspecified atom stereocenters. The molecule has 0 aromatic carbocycles. The molecule has 0 bridgehead atoms. The molecule has 0 fully saturated rings. The second kappa shape index (κ2) is 5.31. The van der Waals surface area contributed by atoms with Gasteiger partial charge < -0.3 is 4.79 Å². The molecule has 10 heavy (non-hydrogen) atoms. The van der Waals surface area contributed by atoms with Crippen LogP contribution in [-0.2, 0) is 32.3 Å². The van der Waals surface area contributed by atoms with Crippen molar-refractivity contribution in [2.75, 3.05) is 0 Å². The fourth-order valence-corrected chi connectivity index (χ4v) is 0.586. The van der Waals surface area contributed by atoms with Crippen LogP contribution in [0.1, 0.15) is 5.56 Å². The number of rotatable bonds is 2. The summed E-state index contributed by atoms with van der Waals surface area (Å²) >= 11 is 0. The summed E-state index contributed by atoms with van der Waals surface area (Å²) in [5.41, 5.74) is 0.910. The van der Waals surface area contributed by atoms with E-state index in [4.69, 9.17) is 0 Å². The van der Waals surface area contributed by atoms with Crippen molar-refractivity contribution in [2.24, 2.45) is 0 Å². The zero-order chi connectivity index (χ0) is 6.53. The van der Waals surface area contributed by atoms with Crippen molar-refractivity contribution < 1.29 is 25.9 Å². The quantitative estimate of drug-likeness (QED) is 0.754. The van der Waals surface area contributed by atoms with Crippen molar-refractivity contribution in [2.45, 2.75) is 6.42 Å². The molecule has 1 heterocycles. The van der Waals surface area contributed by atoms with Gasteiger partial charge in [0.2, 0.25) is 0 Å². The molecule has 0 saturated heterocycles. The molecule has 0 saturated carbocycles. The average Bonchev–Trinajstić information content (AvgIpc) is 1.91. The second-order valence-electron chi connectivity index (χ2n) is 1.68. The van der Waals surface area contributed by atoms with E-state index in [1.54, 1.807) is 24.7 Å². The predicted octanol–water partition coefficient (Wildman–Crippen LogP) is 0.731. The molecule has 0 atom stereocenters. The number of hydrogen-bond acceptors (Lipinski definition) is 2. The third-order valence-electron chi connectivity index (χ3n) is 0.999. The van der Waals surface area contributed by atoms with Gasteiger partial charge in [0.1, 0.15) is 0 Å². The second-order valence-corrected chi connectivity index (χ2v) is 1.68. The predicted molar refractivity (Wildman–Crippen MR) is 33.6 cm³/mol. The minimum Gasteiger partial charge on any atom is -0.541 e. The summed E-state index contributed by atoms with van der Waals surface area (Å²) in [4.78, 5) is 13.6. The first kappa shape index (κ1) is 9.51. The van der Waals surface area contributed by atoms with Crippen LogP contribution in [0.25, 0.3) is 0 Å². The zero-order valence-electron chi connectivity index (χ0n) is 5.28. The van der Waals surface area contributed by atoms with Gasteiger partial charge in [-0.1, -0.05) is 11.6 Å². The molecular weight excluding hydrogens is 298 g/mol. The van der Waals surface area contributed by atoms with Crippen LogP contribution in [0, 0.1) is 0 Å². The molecular formula is C7H6NOW-. The van der Waals surface area contributed by atoms with Gasteiger partial charge in [0.05, 0.1) is 0 Å². The van der Waals surface area contributed by atoms with Crippen molar-refractivity contribution in [1.82, 2.24) is 4.98 Å². The molecule has 0 aliphatic carbocycles. The van der Waals surface area contributed by atoms with Gasteiger partial charge in [-0.05, 0) is 6.07 Å². The van der Waals surface area contributed by atoms with Gasteiger partial charge >= 0.3 is 0 Å². The third-order valence-corrected chi connectivity index (χ3v) is 0.999. The van der Waals surface area contributed by atoms with Gasteiger partial charge in [0.15, 0.2) is 0 Å². The van der Waals surface area contributed by atoms with Crippen molar-refractivity contribution in [1.29, 1.82) is 0 Å². The Morgan fingerprint density at radius 3 is 2.90 bits per heavy atom. The van der Waals surface area contributed by atoms with Crippen LogP contribution in [0.3, 0.4) is 0 Å². The van der Waals surface area contributed by atoms with E-state index in [9.17, 15) is 4.79 Å². The Bertz CT molecular complexity index is 188. The maximum absolute atomic E-state index is 9.82. The van der Waals surface area contributed by atoms with Gasteiger partial charge in [-0.2, -0.15) is 0 Å². The van der Waals surface area contributed by atoms with E-state index in [2.05, 4.69) is 4.98 Å². The molecule has 0 radical (unpaired) electrons. The topological polar surface area (TPSA) is 30.0 Å². The minimum absolute atomic E-state index is 0. The Morgan fingerprint density at radius 2 is 2.40 bits per heavy atom. The number of nitrogens with zero attached hydrogens (tertiary/aromatic N) is 1. The maximum Gasteiger partial charge on any atom is 0.0275 e. The molecule has 0 N–H and O–H groups in total. The zero-order valence-corrected chi connectivity index (χ0v) is 8.21. The fraction of sp³-hybridized carbons (Fsp3) is 0.143. The van der Waals surface area contributed by atoms with Crippen LogP contribution in [0.5, 0.6) is 0 Å². The van der Waals surface area contributed by atoms with Crippen molar-refractivity contribution in [3.8, 4) is 0 Å². The first-order chi connectivity index (χ1) is 4.43. The molecule has 0 amide bonds. The first-order valence-corrected chi connectivity index (χ1v) is 2.67. The van der Waals surface area contributed by atoms with E-state index >= 15 is 0 Å². The summed E-state index contributed by atoms with van der Waals surface area (Å²) in [7, 11) is 0. The summed E-state index contributed by atoms with van der Waals surface area (Å²) in [6, 6.07) is 3.64. The first-order valence-electron chi connectivity index (χ1n) is 2.67. The Balaban J connectivity index is 0.000000810. The molecule has 2 nitrogen and oxygen atoms in total. The van der Waals surface area contributed by atoms with Gasteiger partial charge in [0.25, 0.3) is 0 Å². The van der Waals surface area contributed by atoms with E-state index in [0.717, 1.165) is 5.56 Å². The number of hydrogen-bond donors (Lipinski definition) is 0. The summed E-state index contributed by atoms with van der Waals surface area (Å²) < 4.78 is 0. The van der Waals surface area contributed by atoms with Gasteiger partial charge in [-0.25, -0.2) is 0 Å². The van der Waals surface area contributed by atoms with Gasteiger partial charge in [-0.3, -0.25) is 11.3 Å². The maximum atomic E-state index is 9.82. The monoisotopic (exact) mass is 304 g/mol. The fourth-order valence-electron chi connectivity index (χ4n) is 0.586. The van der Waals surface area contributed by atoms with Crippen LogP contribution in [0.2, 0.25) is 0 Å². The smallest absolute Gasteiger partial charge is 0.0275 e. The molecule has 0 spiro atoms. The SMILES string of the molecule is O=[C-]Cc1cccnc1.[W]. The number of carbonyl (C=O) groups excluding carboxylic acids is 1. The Kier molecular flexibility index (Phi) is 5.04. The van der Waals surface area contributed by atoms with Crippen molar-refractivity contribution in [3.05, 3.63) is 30.1 Å². The van der Waals surface area contributed by atoms with Crippen LogP contribution >= 0.6 is 0 Å². The van der Waals surface area contributed by atoms with E-state index in [0.29, 0.717) is 6.42 Å². The Hall–Kier alpha value is -0.492. The van der Waals surface area contributed by atoms with Crippen molar-refractivity contribution >= 4 is 6.29 Å². The average molecular weight is 304 g/mol. The molecule has 3 heteroatoms. The summed E-state index contributed by atoms with van der Waals surface area (Å²) in [6.45, 7) is 0. The Labute approximate surface area is 73.9 Å². The van der Waals surface area contributed by atoms with E-state index in [1.807, 2.05) is 6.07 Å². The summed E-state index contributed by atoms with van der Waals surface area (Å²) in [6.07, 6.45) is 5.47. The third kappa shape index (κ3) is 2.88. The van der Waals surface area contributed by atoms with E-state index < -0.39 is 0 Å². The summed E-state index contributed by atoms with van der Waals surface area (Å²) in [5, 5.41) is 0. The standard InChI is InChI=1S/C7H6NO.W/c9-5-3-7-2-1-4-8-6-7;/h1-2,4,6H,3H2;/q-1;. The number of pyridine rings is 1. The van der Waals surface area contributed by atoms with Crippen LogP contribution in [0.4, 0.5) is 0 Å². The van der Waals surface area contributed by atoms with Crippen LogP contribution in [0.15, 0.2) is 24.5 Å². The molecule has 1 rings (SSSR count). The largest absolute Gasteiger partial charge is 0.541 e. The van der Waals surface area contributed by atoms with Crippen LogP contribution < -0.4 is 0 Å². The minimum atomic E-state index is 0. The molecule has 0 aliphatic rings. The molecule has 1 aromatic rings. The molecule has 52 valence electrons. The van der Waals surface area contributed by atoms with Gasteiger partial charge in [0, 0.05) is 33.5 Å².